The standard InChI is InChI=1S/C48H28N4OS.2C42H24N4OS/c1-2-12-29(13-3-1)32-14-10-15-33(28-32)47-50-46(51-48(52-47)38-20-11-19-35-34-16-6-9-23-41(34)54-45(35)38)31-26-24-30(25-27-31)43-44-42(36-17-4-7-21-39(36)49-43)37-18-5-8-22-40(37)53-44;1-2-12-25(13-3-1)40-44-41(46-42(45-40)32-20-11-19-29-28-16-6-9-23-35(28)48-39(29)32)27-15-10-14-26(24-27)37-38-36(30-17-4-7-21-33(30)43-37)31-18-5-8-22-34(31)47-38;1-2-11-26(12-3-1)40-44-41(46-42(45-40)32-17-10-16-29-28-13-6-9-20-35(28)48-39(29)32)27-23-21-25(22-24-27)37-38-36(30-14-4-7-18-33(30)43-37)31-15-5-8-19-34(31)47-38/h1-28H;2*1-24H. The molecule has 150 heavy (non-hydrogen) atoms. The van der Waals surface area contributed by atoms with Gasteiger partial charge in [-0.1, -0.05) is 376 Å². The molecule has 0 aliphatic heterocycles. The summed E-state index contributed by atoms with van der Waals surface area (Å²) in [4.78, 5) is 61.2. The lowest BCUT2D eigenvalue weighted by molar-refractivity contribution is 0.668. The quantitative estimate of drug-likeness (QED) is 0.106. The first-order chi connectivity index (χ1) is 74.3. The normalized spacial score (nSPS) is 11.7. The molecule has 15 nitrogen and oxygen atoms in total. The first kappa shape index (κ1) is 87.1. The molecule has 0 saturated carbocycles. The van der Waals surface area contributed by atoms with E-state index < -0.39 is 0 Å². The summed E-state index contributed by atoms with van der Waals surface area (Å²) in [7, 11) is 0. The Balaban J connectivity index is 0.000000106. The Kier molecular flexibility index (Phi) is 21.1. The summed E-state index contributed by atoms with van der Waals surface area (Å²) in [5.74, 6) is 5.64. The predicted molar refractivity (Wildman–Crippen MR) is 617 cm³/mol. The topological polar surface area (TPSA) is 194 Å². The van der Waals surface area contributed by atoms with E-state index in [1.807, 2.05) is 146 Å². The van der Waals surface area contributed by atoms with Crippen LogP contribution in [-0.2, 0) is 0 Å². The van der Waals surface area contributed by atoms with Gasteiger partial charge in [-0.15, -0.1) is 34.0 Å². The fourth-order valence-corrected chi connectivity index (χ4v) is 24.6. The highest BCUT2D eigenvalue weighted by molar-refractivity contribution is 7.27. The third-order valence-electron chi connectivity index (χ3n) is 28.0. The number of aromatic nitrogens is 12. The molecule has 0 N–H and O–H groups in total. The monoisotopic (exact) mass is 1970 g/mol. The number of benzene rings is 19. The molecule has 31 aromatic rings. The molecule has 12 aromatic heterocycles. The van der Waals surface area contributed by atoms with E-state index in [2.05, 4.69) is 315 Å². The molecule has 0 bridgehead atoms. The Morgan fingerprint density at radius 2 is 0.380 bits per heavy atom. The summed E-state index contributed by atoms with van der Waals surface area (Å²) < 4.78 is 26.7. The van der Waals surface area contributed by atoms with Gasteiger partial charge in [-0.05, 0) is 96.1 Å². The molecule has 0 unspecified atom stereocenters. The first-order valence-corrected chi connectivity index (χ1v) is 52.0. The predicted octanol–water partition coefficient (Wildman–Crippen LogP) is 35.7. The molecule has 18 heteroatoms. The van der Waals surface area contributed by atoms with Gasteiger partial charge in [-0.25, -0.2) is 59.8 Å². The smallest absolute Gasteiger partial charge is 0.165 e. The summed E-state index contributed by atoms with van der Waals surface area (Å²) in [5, 5.41) is 17.0. The largest absolute Gasteiger partial charge is 0.454 e. The van der Waals surface area contributed by atoms with E-state index >= 15 is 0 Å². The lowest BCUT2D eigenvalue weighted by Gasteiger charge is -2.11. The Labute approximate surface area is 867 Å². The van der Waals surface area contributed by atoms with Crippen molar-refractivity contribution in [3.8, 4) is 147 Å². The minimum Gasteiger partial charge on any atom is -0.454 e. The molecule has 12 heterocycles. The average molecular weight is 1970 g/mol. The minimum atomic E-state index is 0.598. The van der Waals surface area contributed by atoms with E-state index in [1.54, 1.807) is 34.0 Å². The van der Waals surface area contributed by atoms with Crippen molar-refractivity contribution in [1.29, 1.82) is 0 Å². The second-order valence-corrected chi connectivity index (χ2v) is 40.2. The number of fused-ring (bicyclic) bond motifs is 24. The lowest BCUT2D eigenvalue weighted by atomic mass is 10.0. The number of furan rings is 3. The van der Waals surface area contributed by atoms with Crippen molar-refractivity contribution >= 4 is 193 Å². The molecule has 31 rings (SSSR count). The van der Waals surface area contributed by atoms with Gasteiger partial charge in [0.1, 0.15) is 33.8 Å². The molecule has 0 aliphatic rings. The Hall–Kier alpha value is -19.5. The van der Waals surface area contributed by atoms with Crippen molar-refractivity contribution in [3.63, 3.8) is 0 Å². The van der Waals surface area contributed by atoms with Gasteiger partial charge in [0.05, 0.1) is 16.6 Å². The van der Waals surface area contributed by atoms with E-state index in [0.29, 0.717) is 52.4 Å². The third kappa shape index (κ3) is 15.3. The van der Waals surface area contributed by atoms with Crippen molar-refractivity contribution in [1.82, 2.24) is 59.8 Å². The maximum atomic E-state index is 6.51. The number of pyridine rings is 3. The van der Waals surface area contributed by atoms with Gasteiger partial charge in [-0.3, -0.25) is 0 Å². The van der Waals surface area contributed by atoms with Crippen molar-refractivity contribution < 1.29 is 13.3 Å². The number of rotatable bonds is 13. The van der Waals surface area contributed by atoms with Gasteiger partial charge < -0.3 is 13.3 Å². The van der Waals surface area contributed by atoms with E-state index in [1.165, 1.54) is 51.1 Å². The Morgan fingerprint density at radius 1 is 0.147 bits per heavy atom. The van der Waals surface area contributed by atoms with Crippen LogP contribution in [0.3, 0.4) is 0 Å². The van der Waals surface area contributed by atoms with Crippen LogP contribution in [0.5, 0.6) is 0 Å². The van der Waals surface area contributed by atoms with E-state index in [-0.39, 0.29) is 0 Å². The van der Waals surface area contributed by atoms with Gasteiger partial charge in [-0.2, -0.15) is 0 Å². The van der Waals surface area contributed by atoms with E-state index in [4.69, 9.17) is 73.1 Å². The van der Waals surface area contributed by atoms with Crippen LogP contribution in [0.15, 0.2) is 474 Å². The summed E-state index contributed by atoms with van der Waals surface area (Å²) >= 11 is 5.32. The molecular weight excluding hydrogens is 1900 g/mol. The van der Waals surface area contributed by atoms with Crippen molar-refractivity contribution in [2.24, 2.45) is 0 Å². The summed E-state index contributed by atoms with van der Waals surface area (Å²) in [6, 6.07) is 158. The highest BCUT2D eigenvalue weighted by Gasteiger charge is 2.27. The molecule has 19 aromatic carbocycles. The maximum Gasteiger partial charge on any atom is 0.165 e. The number of hydrogen-bond acceptors (Lipinski definition) is 18. The Bertz CT molecular complexity index is 10900. The summed E-state index contributed by atoms with van der Waals surface area (Å²) in [5.41, 5.74) is 23.6. The zero-order chi connectivity index (χ0) is 98.8. The second kappa shape index (κ2) is 36.4. The summed E-state index contributed by atoms with van der Waals surface area (Å²) in [6.07, 6.45) is 0. The molecule has 0 atom stereocenters. The van der Waals surface area contributed by atoms with Crippen LogP contribution < -0.4 is 0 Å². The molecule has 700 valence electrons. The Morgan fingerprint density at radius 3 is 0.733 bits per heavy atom. The molecule has 0 saturated heterocycles. The lowest BCUT2D eigenvalue weighted by Crippen LogP contribution is -2.00. The van der Waals surface area contributed by atoms with E-state index in [0.717, 1.165) is 203 Å². The van der Waals surface area contributed by atoms with Crippen LogP contribution in [0.25, 0.3) is 306 Å². The van der Waals surface area contributed by atoms with Gasteiger partial charge in [0.15, 0.2) is 69.2 Å². The molecule has 0 fully saturated rings. The SMILES string of the molecule is c1ccc(-c2cccc(-c3nc(-c4ccc(-c5nc6ccccc6c6c5oc5ccccc56)cc4)nc(-c4cccc5c4sc4ccccc45)n3)c2)cc1.c1ccc(-c2nc(-c3ccc(-c4nc5ccccc5c5c4oc4ccccc45)cc3)nc(-c3cccc4c3sc3ccccc34)n2)cc1.c1ccc(-c2nc(-c3cccc(-c4nc5ccccc5c5c4oc4ccccc45)c3)nc(-c3cccc4c3sc3ccccc34)n2)cc1. The maximum absolute atomic E-state index is 6.51. The van der Waals surface area contributed by atoms with Gasteiger partial charge in [0.25, 0.3) is 0 Å². The zero-order valence-corrected chi connectivity index (χ0v) is 82.1. The number of thiophene rings is 3. The second-order valence-electron chi connectivity index (χ2n) is 37.0. The molecule has 0 aliphatic carbocycles. The molecular formula is C132H76N12O3S3. The van der Waals surface area contributed by atoms with Crippen molar-refractivity contribution in [2.45, 2.75) is 0 Å². The first-order valence-electron chi connectivity index (χ1n) is 49.5. The number of para-hydroxylation sites is 6. The molecule has 0 amide bonds. The van der Waals surface area contributed by atoms with Gasteiger partial charge in [0.2, 0.25) is 0 Å². The van der Waals surface area contributed by atoms with Gasteiger partial charge >= 0.3 is 0 Å². The van der Waals surface area contributed by atoms with Crippen LogP contribution in [0.2, 0.25) is 0 Å². The molecule has 0 spiro atoms. The van der Waals surface area contributed by atoms with Crippen molar-refractivity contribution in [2.75, 3.05) is 0 Å². The average Bonchev–Trinajstić information content (AvgIpc) is 1.58. The fourth-order valence-electron chi connectivity index (χ4n) is 20.9. The zero-order valence-electron chi connectivity index (χ0n) is 79.7. The number of hydrogen-bond donors (Lipinski definition) is 0. The van der Waals surface area contributed by atoms with Crippen LogP contribution in [0.1, 0.15) is 0 Å². The van der Waals surface area contributed by atoms with Crippen LogP contribution in [0.4, 0.5) is 0 Å². The third-order valence-corrected chi connectivity index (χ3v) is 31.7. The molecule has 0 radical (unpaired) electrons. The highest BCUT2D eigenvalue weighted by Crippen LogP contribution is 2.49. The van der Waals surface area contributed by atoms with Crippen molar-refractivity contribution in [3.05, 3.63) is 461 Å². The fraction of sp³-hybridized carbons (Fsp3) is 0. The summed E-state index contributed by atoms with van der Waals surface area (Å²) in [6.45, 7) is 0. The van der Waals surface area contributed by atoms with Crippen LogP contribution in [0, 0.1) is 0 Å². The van der Waals surface area contributed by atoms with Crippen LogP contribution in [-0.4, -0.2) is 59.8 Å². The highest BCUT2D eigenvalue weighted by atomic mass is 32.1. The minimum absolute atomic E-state index is 0.598. The van der Waals surface area contributed by atoms with Crippen LogP contribution >= 0.6 is 34.0 Å². The van der Waals surface area contributed by atoms with E-state index in [9.17, 15) is 0 Å². The number of nitrogens with zero attached hydrogens (tertiary/aromatic N) is 12. The van der Waals surface area contributed by atoms with Gasteiger partial charge in [0, 0.05) is 176 Å².